The predicted octanol–water partition coefficient (Wildman–Crippen LogP) is 1.95. The molecule has 3 heteroatoms. The molecule has 88 valence electrons. The first-order valence-corrected chi connectivity index (χ1v) is 6.15. The van der Waals surface area contributed by atoms with Gasteiger partial charge in [-0.2, -0.15) is 0 Å². The first-order valence-electron chi connectivity index (χ1n) is 6.15. The first kappa shape index (κ1) is 10.5. The highest BCUT2D eigenvalue weighted by Gasteiger charge is 2.13. The van der Waals surface area contributed by atoms with E-state index in [4.69, 9.17) is 0 Å². The highest BCUT2D eigenvalue weighted by Crippen LogP contribution is 2.28. The van der Waals surface area contributed by atoms with Crippen molar-refractivity contribution in [1.82, 2.24) is 10.3 Å². The van der Waals surface area contributed by atoms with Crippen molar-refractivity contribution in [3.8, 4) is 0 Å². The summed E-state index contributed by atoms with van der Waals surface area (Å²) in [4.78, 5) is 6.73. The van der Waals surface area contributed by atoms with Gasteiger partial charge in [-0.1, -0.05) is 12.1 Å². The molecular weight excluding hydrogens is 210 g/mol. The normalized spacial score (nSPS) is 16.4. The van der Waals surface area contributed by atoms with Gasteiger partial charge in [0, 0.05) is 55.0 Å². The molecule has 0 unspecified atom stereocenters. The molecule has 1 aromatic heterocycles. The van der Waals surface area contributed by atoms with Crippen LogP contribution in [0.3, 0.4) is 0 Å². The van der Waals surface area contributed by atoms with Crippen LogP contribution in [0.4, 0.5) is 5.69 Å². The number of hydrogen-bond acceptors (Lipinski definition) is 3. The van der Waals surface area contributed by atoms with E-state index in [0.29, 0.717) is 0 Å². The van der Waals surface area contributed by atoms with E-state index in [1.54, 1.807) is 0 Å². The van der Waals surface area contributed by atoms with Crippen LogP contribution in [0.5, 0.6) is 0 Å². The lowest BCUT2D eigenvalue weighted by Gasteiger charge is -2.30. The van der Waals surface area contributed by atoms with Gasteiger partial charge in [-0.3, -0.25) is 4.98 Å². The van der Waals surface area contributed by atoms with Gasteiger partial charge in [-0.05, 0) is 18.6 Å². The Morgan fingerprint density at radius 1 is 1.18 bits per heavy atom. The van der Waals surface area contributed by atoms with Gasteiger partial charge in [0.05, 0.1) is 0 Å². The molecule has 0 amide bonds. The molecule has 0 aliphatic carbocycles. The van der Waals surface area contributed by atoms with Gasteiger partial charge < -0.3 is 10.2 Å². The molecular formula is C14H17N3. The molecule has 0 atom stereocenters. The highest BCUT2D eigenvalue weighted by atomic mass is 15.2. The van der Waals surface area contributed by atoms with Crippen LogP contribution < -0.4 is 10.2 Å². The quantitative estimate of drug-likeness (QED) is 0.807. The topological polar surface area (TPSA) is 28.2 Å². The van der Waals surface area contributed by atoms with Crippen LogP contribution >= 0.6 is 0 Å². The van der Waals surface area contributed by atoms with Crippen molar-refractivity contribution >= 4 is 16.5 Å². The van der Waals surface area contributed by atoms with Crippen molar-refractivity contribution in [2.24, 2.45) is 0 Å². The van der Waals surface area contributed by atoms with Gasteiger partial charge in [-0.15, -0.1) is 0 Å². The molecule has 17 heavy (non-hydrogen) atoms. The second kappa shape index (κ2) is 4.34. The molecule has 1 aliphatic rings. The fourth-order valence-electron chi connectivity index (χ4n) is 2.56. The number of aryl methyl sites for hydroxylation is 1. The summed E-state index contributed by atoms with van der Waals surface area (Å²) in [7, 11) is 0. The molecule has 0 spiro atoms. The van der Waals surface area contributed by atoms with Gasteiger partial charge in [-0.25, -0.2) is 0 Å². The maximum absolute atomic E-state index is 4.27. The Labute approximate surface area is 101 Å². The van der Waals surface area contributed by atoms with E-state index >= 15 is 0 Å². The summed E-state index contributed by atoms with van der Waals surface area (Å²) >= 11 is 0. The SMILES string of the molecule is Cc1cncc2cccc(N3CCNCC3)c12. The van der Waals surface area contributed by atoms with Crippen molar-refractivity contribution in [2.75, 3.05) is 31.1 Å². The van der Waals surface area contributed by atoms with Crippen molar-refractivity contribution in [3.63, 3.8) is 0 Å². The summed E-state index contributed by atoms with van der Waals surface area (Å²) < 4.78 is 0. The number of piperazine rings is 1. The molecule has 3 nitrogen and oxygen atoms in total. The number of fused-ring (bicyclic) bond motifs is 1. The van der Waals surface area contributed by atoms with Crippen LogP contribution in [-0.4, -0.2) is 31.2 Å². The zero-order valence-electron chi connectivity index (χ0n) is 10.1. The fraction of sp³-hybridized carbons (Fsp3) is 0.357. The smallest absolute Gasteiger partial charge is 0.0450 e. The maximum Gasteiger partial charge on any atom is 0.0450 e. The lowest BCUT2D eigenvalue weighted by molar-refractivity contribution is 0.590. The van der Waals surface area contributed by atoms with Crippen molar-refractivity contribution in [2.45, 2.75) is 6.92 Å². The summed E-state index contributed by atoms with van der Waals surface area (Å²) in [5, 5.41) is 5.98. The summed E-state index contributed by atoms with van der Waals surface area (Å²) in [6.07, 6.45) is 3.90. The average molecular weight is 227 g/mol. The molecule has 0 bridgehead atoms. The Hall–Kier alpha value is -1.61. The third-order valence-corrected chi connectivity index (χ3v) is 3.41. The highest BCUT2D eigenvalue weighted by molar-refractivity contribution is 5.96. The summed E-state index contributed by atoms with van der Waals surface area (Å²) in [6.45, 7) is 6.45. The fourth-order valence-corrected chi connectivity index (χ4v) is 2.56. The molecule has 0 radical (unpaired) electrons. The van der Waals surface area contributed by atoms with Crippen LogP contribution in [0.15, 0.2) is 30.6 Å². The Morgan fingerprint density at radius 3 is 2.82 bits per heavy atom. The molecule has 2 aromatic rings. The van der Waals surface area contributed by atoms with Gasteiger partial charge >= 0.3 is 0 Å². The number of aromatic nitrogens is 1. The van der Waals surface area contributed by atoms with Gasteiger partial charge in [0.25, 0.3) is 0 Å². The van der Waals surface area contributed by atoms with Crippen LogP contribution in [0.1, 0.15) is 5.56 Å². The number of anilines is 1. The number of pyridine rings is 1. The second-order valence-electron chi connectivity index (χ2n) is 4.57. The van der Waals surface area contributed by atoms with E-state index in [1.807, 2.05) is 12.4 Å². The molecule has 1 saturated heterocycles. The van der Waals surface area contributed by atoms with Crippen LogP contribution in [0.2, 0.25) is 0 Å². The van der Waals surface area contributed by atoms with E-state index in [0.717, 1.165) is 26.2 Å². The van der Waals surface area contributed by atoms with Gasteiger partial charge in [0.2, 0.25) is 0 Å². The Kier molecular flexibility index (Phi) is 2.69. The minimum absolute atomic E-state index is 1.07. The van der Waals surface area contributed by atoms with E-state index < -0.39 is 0 Å². The standard InChI is InChI=1S/C14H17N3/c1-11-9-16-10-12-3-2-4-13(14(11)12)17-7-5-15-6-8-17/h2-4,9-10,15H,5-8H2,1H3. The molecule has 3 rings (SSSR count). The molecule has 2 heterocycles. The number of nitrogens with zero attached hydrogens (tertiary/aromatic N) is 2. The average Bonchev–Trinajstić information content (AvgIpc) is 2.39. The van der Waals surface area contributed by atoms with Crippen LogP contribution in [-0.2, 0) is 0 Å². The van der Waals surface area contributed by atoms with E-state index in [9.17, 15) is 0 Å². The monoisotopic (exact) mass is 227 g/mol. The third-order valence-electron chi connectivity index (χ3n) is 3.41. The second-order valence-corrected chi connectivity index (χ2v) is 4.57. The van der Waals surface area contributed by atoms with Gasteiger partial charge in [0.15, 0.2) is 0 Å². The molecule has 1 N–H and O–H groups in total. The maximum atomic E-state index is 4.27. The molecule has 1 fully saturated rings. The molecule has 1 aromatic carbocycles. The van der Waals surface area contributed by atoms with Crippen molar-refractivity contribution in [1.29, 1.82) is 0 Å². The number of hydrogen-bond donors (Lipinski definition) is 1. The van der Waals surface area contributed by atoms with E-state index in [1.165, 1.54) is 22.0 Å². The largest absolute Gasteiger partial charge is 0.368 e. The number of benzene rings is 1. The van der Waals surface area contributed by atoms with Crippen LogP contribution in [0, 0.1) is 6.92 Å². The van der Waals surface area contributed by atoms with Crippen LogP contribution in [0.25, 0.3) is 10.8 Å². The zero-order chi connectivity index (χ0) is 11.7. The first-order chi connectivity index (χ1) is 8.36. The summed E-state index contributed by atoms with van der Waals surface area (Å²) in [6, 6.07) is 6.49. The van der Waals surface area contributed by atoms with E-state index in [-0.39, 0.29) is 0 Å². The Balaban J connectivity index is 2.14. The molecule has 1 aliphatic heterocycles. The third kappa shape index (κ3) is 1.87. The number of nitrogens with one attached hydrogen (secondary N) is 1. The Bertz CT molecular complexity index is 525. The Morgan fingerprint density at radius 2 is 2.00 bits per heavy atom. The predicted molar refractivity (Wildman–Crippen MR) is 71.6 cm³/mol. The lowest BCUT2D eigenvalue weighted by atomic mass is 10.1. The number of rotatable bonds is 1. The minimum Gasteiger partial charge on any atom is -0.368 e. The molecule has 0 saturated carbocycles. The lowest BCUT2D eigenvalue weighted by Crippen LogP contribution is -2.43. The van der Waals surface area contributed by atoms with Crippen molar-refractivity contribution in [3.05, 3.63) is 36.2 Å². The van der Waals surface area contributed by atoms with Gasteiger partial charge in [0.1, 0.15) is 0 Å². The summed E-state index contributed by atoms with van der Waals surface area (Å²) in [5.74, 6) is 0. The zero-order valence-corrected chi connectivity index (χ0v) is 10.1. The summed E-state index contributed by atoms with van der Waals surface area (Å²) in [5.41, 5.74) is 2.61. The minimum atomic E-state index is 1.07. The van der Waals surface area contributed by atoms with Crippen molar-refractivity contribution < 1.29 is 0 Å². The van der Waals surface area contributed by atoms with E-state index in [2.05, 4.69) is 40.3 Å².